The normalized spacial score (nSPS) is 12.7. The third kappa shape index (κ3) is 5.51. The summed E-state index contributed by atoms with van der Waals surface area (Å²) in [7, 11) is 0. The van der Waals surface area contributed by atoms with Crippen molar-refractivity contribution < 1.29 is 9.53 Å². The lowest BCUT2D eigenvalue weighted by molar-refractivity contribution is 0.0998. The van der Waals surface area contributed by atoms with Crippen molar-refractivity contribution in [3.63, 3.8) is 0 Å². The highest BCUT2D eigenvalue weighted by molar-refractivity contribution is 6.07. The quantitative estimate of drug-likeness (QED) is 0.454. The van der Waals surface area contributed by atoms with Gasteiger partial charge in [0.2, 0.25) is 5.90 Å². The van der Waals surface area contributed by atoms with Crippen molar-refractivity contribution in [2.75, 3.05) is 0 Å². The lowest BCUT2D eigenvalue weighted by atomic mass is 10.2. The fourth-order valence-corrected chi connectivity index (χ4v) is 2.50. The first-order valence-electron chi connectivity index (χ1n) is 8.86. The zero-order chi connectivity index (χ0) is 18.9. The number of aliphatic imine (C=N–C) groups is 1. The van der Waals surface area contributed by atoms with E-state index in [-0.39, 0.29) is 12.0 Å². The molecule has 0 aliphatic heterocycles. The van der Waals surface area contributed by atoms with E-state index in [1.54, 1.807) is 12.1 Å². The van der Waals surface area contributed by atoms with E-state index in [1.165, 1.54) is 0 Å². The fraction of sp³-hybridized carbons (Fsp3) is 0.0833. The van der Waals surface area contributed by atoms with Gasteiger partial charge >= 0.3 is 0 Å². The molecule has 0 fully saturated rings. The average Bonchev–Trinajstić information content (AvgIpc) is 2.74. The van der Waals surface area contributed by atoms with Crippen LogP contribution in [0.25, 0.3) is 6.08 Å². The Kier molecular flexibility index (Phi) is 6.31. The van der Waals surface area contributed by atoms with Gasteiger partial charge in [-0.25, -0.2) is 0 Å². The maximum atomic E-state index is 12.5. The van der Waals surface area contributed by atoms with E-state index in [1.807, 2.05) is 97.9 Å². The summed E-state index contributed by atoms with van der Waals surface area (Å²) in [5.74, 6) is -0.0108. The summed E-state index contributed by atoms with van der Waals surface area (Å²) in [5, 5.41) is 0. The fourth-order valence-electron chi connectivity index (χ4n) is 2.50. The van der Waals surface area contributed by atoms with E-state index >= 15 is 0 Å². The highest BCUT2D eigenvalue weighted by Gasteiger charge is 2.12. The predicted molar refractivity (Wildman–Crippen MR) is 110 cm³/mol. The number of rotatable bonds is 5. The highest BCUT2D eigenvalue weighted by atomic mass is 16.5. The maximum Gasteiger partial charge on any atom is 0.280 e. The summed E-state index contributed by atoms with van der Waals surface area (Å²) in [6.07, 6.45) is 3.69. The van der Waals surface area contributed by atoms with Crippen LogP contribution in [0.3, 0.4) is 0 Å². The molecule has 3 nitrogen and oxygen atoms in total. The second-order valence-electron chi connectivity index (χ2n) is 6.05. The smallest absolute Gasteiger partial charge is 0.280 e. The molecular weight excluding hydrogens is 334 g/mol. The van der Waals surface area contributed by atoms with E-state index in [0.29, 0.717) is 11.5 Å². The van der Waals surface area contributed by atoms with Crippen molar-refractivity contribution in [2.45, 2.75) is 13.0 Å². The number of benzene rings is 3. The van der Waals surface area contributed by atoms with Gasteiger partial charge in [-0.3, -0.25) is 4.79 Å². The first-order chi connectivity index (χ1) is 13.2. The van der Waals surface area contributed by atoms with Crippen molar-refractivity contribution in [1.82, 2.24) is 0 Å². The highest BCUT2D eigenvalue weighted by Crippen LogP contribution is 2.11. The Hall–Kier alpha value is -3.46. The van der Waals surface area contributed by atoms with Gasteiger partial charge in [-0.05, 0) is 42.8 Å². The molecule has 3 heteroatoms. The van der Waals surface area contributed by atoms with Crippen LogP contribution >= 0.6 is 0 Å². The second-order valence-corrected chi connectivity index (χ2v) is 6.05. The molecule has 134 valence electrons. The number of carbonyl (C=O) groups is 1. The molecule has 0 heterocycles. The molecule has 0 aliphatic carbocycles. The third-order valence-corrected chi connectivity index (χ3v) is 3.90. The predicted octanol–water partition coefficient (Wildman–Crippen LogP) is 5.39. The van der Waals surface area contributed by atoms with Crippen LogP contribution in [-0.4, -0.2) is 17.9 Å². The zero-order valence-corrected chi connectivity index (χ0v) is 15.2. The summed E-state index contributed by atoms with van der Waals surface area (Å²) in [6, 6.07) is 28.4. The minimum Gasteiger partial charge on any atom is -0.470 e. The molecule has 0 aromatic heterocycles. The van der Waals surface area contributed by atoms with Crippen LogP contribution in [-0.2, 0) is 4.74 Å². The molecule has 3 aromatic carbocycles. The number of amides is 1. The monoisotopic (exact) mass is 355 g/mol. The summed E-state index contributed by atoms with van der Waals surface area (Å²) in [4.78, 5) is 16.7. The molecule has 1 unspecified atom stereocenters. The third-order valence-electron chi connectivity index (χ3n) is 3.90. The average molecular weight is 355 g/mol. The van der Waals surface area contributed by atoms with Gasteiger partial charge < -0.3 is 4.74 Å². The van der Waals surface area contributed by atoms with Crippen LogP contribution in [0.1, 0.15) is 28.4 Å². The molecule has 0 saturated heterocycles. The van der Waals surface area contributed by atoms with Crippen molar-refractivity contribution in [2.24, 2.45) is 4.99 Å². The standard InChI is InChI=1S/C24H21NO2/c1-19(17-18-20-11-5-2-6-12-20)27-24(22-15-9-4-10-16-22)25-23(26)21-13-7-3-8-14-21/h2-19H,1H3/b18-17+,25-24?. The van der Waals surface area contributed by atoms with E-state index < -0.39 is 0 Å². The Labute approximate surface area is 159 Å². The van der Waals surface area contributed by atoms with Crippen LogP contribution < -0.4 is 0 Å². The summed E-state index contributed by atoms with van der Waals surface area (Å²) >= 11 is 0. The van der Waals surface area contributed by atoms with Gasteiger partial charge in [0, 0.05) is 11.1 Å². The Balaban J connectivity index is 1.81. The van der Waals surface area contributed by atoms with Crippen LogP contribution in [0.2, 0.25) is 0 Å². The van der Waals surface area contributed by atoms with Crippen LogP contribution in [0.15, 0.2) is 102 Å². The summed E-state index contributed by atoms with van der Waals surface area (Å²) in [6.45, 7) is 1.92. The molecule has 0 N–H and O–H groups in total. The lowest BCUT2D eigenvalue weighted by Crippen LogP contribution is -2.16. The molecule has 0 saturated carbocycles. The first kappa shape index (κ1) is 18.3. The van der Waals surface area contributed by atoms with E-state index in [2.05, 4.69) is 4.99 Å². The van der Waals surface area contributed by atoms with Crippen molar-refractivity contribution >= 4 is 17.9 Å². The molecule has 1 atom stereocenters. The van der Waals surface area contributed by atoms with Crippen LogP contribution in [0, 0.1) is 0 Å². The van der Waals surface area contributed by atoms with Crippen LogP contribution in [0.4, 0.5) is 0 Å². The van der Waals surface area contributed by atoms with Crippen molar-refractivity contribution in [3.05, 3.63) is 114 Å². The van der Waals surface area contributed by atoms with Crippen molar-refractivity contribution in [1.29, 1.82) is 0 Å². The molecule has 3 aromatic rings. The number of carbonyl (C=O) groups excluding carboxylic acids is 1. The molecule has 3 rings (SSSR count). The summed E-state index contributed by atoms with van der Waals surface area (Å²) in [5.41, 5.74) is 2.38. The largest absolute Gasteiger partial charge is 0.470 e. The Morgan fingerprint density at radius 2 is 1.33 bits per heavy atom. The maximum absolute atomic E-state index is 12.5. The Morgan fingerprint density at radius 1 is 0.815 bits per heavy atom. The molecule has 1 amide bonds. The molecule has 0 aliphatic rings. The first-order valence-corrected chi connectivity index (χ1v) is 8.86. The van der Waals surface area contributed by atoms with Gasteiger partial charge in [-0.1, -0.05) is 72.8 Å². The number of hydrogen-bond acceptors (Lipinski definition) is 2. The Morgan fingerprint density at radius 3 is 1.93 bits per heavy atom. The molecule has 0 bridgehead atoms. The van der Waals surface area contributed by atoms with Crippen molar-refractivity contribution in [3.8, 4) is 0 Å². The second kappa shape index (κ2) is 9.30. The summed E-state index contributed by atoms with van der Waals surface area (Å²) < 4.78 is 5.99. The van der Waals surface area contributed by atoms with E-state index in [4.69, 9.17) is 4.74 Å². The molecular formula is C24H21NO2. The van der Waals surface area contributed by atoms with Gasteiger partial charge in [0.05, 0.1) is 0 Å². The van der Waals surface area contributed by atoms with Gasteiger partial charge in [-0.2, -0.15) is 4.99 Å². The number of ether oxygens (including phenoxy) is 1. The van der Waals surface area contributed by atoms with Gasteiger partial charge in [-0.15, -0.1) is 0 Å². The van der Waals surface area contributed by atoms with Gasteiger partial charge in [0.15, 0.2) is 0 Å². The Bertz CT molecular complexity index is 916. The van der Waals surface area contributed by atoms with Crippen LogP contribution in [0.5, 0.6) is 0 Å². The number of nitrogens with zero attached hydrogens (tertiary/aromatic N) is 1. The van der Waals surface area contributed by atoms with Gasteiger partial charge in [0.1, 0.15) is 6.10 Å². The van der Waals surface area contributed by atoms with E-state index in [9.17, 15) is 4.79 Å². The minimum absolute atomic E-state index is 0.243. The lowest BCUT2D eigenvalue weighted by Gasteiger charge is -2.13. The SMILES string of the molecule is CC(/C=C/c1ccccc1)OC(=NC(=O)c1ccccc1)c1ccccc1. The molecule has 0 radical (unpaired) electrons. The number of hydrogen-bond donors (Lipinski definition) is 0. The molecule has 0 spiro atoms. The zero-order valence-electron chi connectivity index (χ0n) is 15.2. The minimum atomic E-state index is -0.325. The topological polar surface area (TPSA) is 38.7 Å². The van der Waals surface area contributed by atoms with E-state index in [0.717, 1.165) is 11.1 Å². The van der Waals surface area contributed by atoms with Gasteiger partial charge in [0.25, 0.3) is 5.91 Å². The molecule has 27 heavy (non-hydrogen) atoms.